The quantitative estimate of drug-likeness (QED) is 0.721. The third kappa shape index (κ3) is 3.04. The van der Waals surface area contributed by atoms with Crippen LogP contribution in [0.3, 0.4) is 0 Å². The van der Waals surface area contributed by atoms with Gasteiger partial charge in [0.1, 0.15) is 12.2 Å². The maximum atomic E-state index is 4.11. The van der Waals surface area contributed by atoms with Crippen LogP contribution in [0.4, 0.5) is 0 Å². The normalized spacial score (nSPS) is 24.7. The first-order valence-corrected chi connectivity index (χ1v) is 6.33. The minimum absolute atomic E-state index is 0.766. The molecule has 4 heteroatoms. The average molecular weight is 222 g/mol. The van der Waals surface area contributed by atoms with Gasteiger partial charge in [-0.05, 0) is 37.6 Å². The van der Waals surface area contributed by atoms with E-state index < -0.39 is 0 Å². The summed E-state index contributed by atoms with van der Waals surface area (Å²) >= 11 is 0. The molecule has 0 aromatic carbocycles. The Balaban J connectivity index is 1.50. The molecule has 90 valence electrons. The molecule has 16 heavy (non-hydrogen) atoms. The highest BCUT2D eigenvalue weighted by Gasteiger charge is 2.30. The van der Waals surface area contributed by atoms with Crippen LogP contribution in [0.15, 0.2) is 6.33 Å². The lowest BCUT2D eigenvalue weighted by molar-refractivity contribution is 0.169. The summed E-state index contributed by atoms with van der Waals surface area (Å²) in [6.07, 6.45) is 6.42. The maximum absolute atomic E-state index is 4.11. The summed E-state index contributed by atoms with van der Waals surface area (Å²) in [4.78, 5) is 4.11. The first kappa shape index (κ1) is 11.6. The molecule has 0 radical (unpaired) electrons. The van der Waals surface area contributed by atoms with E-state index in [1.54, 1.807) is 6.33 Å². The predicted octanol–water partition coefficient (Wildman–Crippen LogP) is 1.76. The number of aromatic nitrogens is 3. The Labute approximate surface area is 97.2 Å². The molecule has 0 spiro atoms. The molecular formula is C12H22N4. The van der Waals surface area contributed by atoms with E-state index in [1.807, 2.05) is 0 Å². The second-order valence-electron chi connectivity index (χ2n) is 5.16. The van der Waals surface area contributed by atoms with E-state index >= 15 is 0 Å². The molecule has 1 aliphatic rings. The van der Waals surface area contributed by atoms with Gasteiger partial charge in [-0.2, -0.15) is 5.10 Å². The third-order valence-electron chi connectivity index (χ3n) is 3.61. The molecule has 0 aliphatic heterocycles. The summed E-state index contributed by atoms with van der Waals surface area (Å²) in [5.74, 6) is 2.80. The fraction of sp³-hybridized carbons (Fsp3) is 0.833. The van der Waals surface area contributed by atoms with E-state index in [1.165, 1.54) is 12.8 Å². The van der Waals surface area contributed by atoms with Crippen molar-refractivity contribution in [3.05, 3.63) is 12.2 Å². The Bertz CT molecular complexity index is 288. The number of aryl methyl sites for hydroxylation is 1. The molecule has 0 unspecified atom stereocenters. The summed E-state index contributed by atoms with van der Waals surface area (Å²) in [6, 6.07) is 0.766. The number of rotatable bonds is 6. The SMILES string of the molecule is CC(C)C1CC(NCCCc2ncn[nH]2)C1. The molecule has 1 aliphatic carbocycles. The number of nitrogens with one attached hydrogen (secondary N) is 2. The second kappa shape index (κ2) is 5.43. The molecule has 2 N–H and O–H groups in total. The zero-order chi connectivity index (χ0) is 11.4. The van der Waals surface area contributed by atoms with E-state index in [9.17, 15) is 0 Å². The standard InChI is InChI=1S/C12H22N4/c1-9(2)10-6-11(7-10)13-5-3-4-12-14-8-15-16-12/h8-11,13H,3-7H2,1-2H3,(H,14,15,16). The summed E-state index contributed by atoms with van der Waals surface area (Å²) in [7, 11) is 0. The first-order chi connectivity index (χ1) is 7.75. The van der Waals surface area contributed by atoms with Crippen molar-refractivity contribution in [2.45, 2.75) is 45.6 Å². The van der Waals surface area contributed by atoms with E-state index in [0.29, 0.717) is 0 Å². The number of nitrogens with zero attached hydrogens (tertiary/aromatic N) is 2. The van der Waals surface area contributed by atoms with E-state index in [0.717, 1.165) is 43.1 Å². The van der Waals surface area contributed by atoms with Gasteiger partial charge in [-0.3, -0.25) is 5.10 Å². The molecule has 1 aromatic heterocycles. The largest absolute Gasteiger partial charge is 0.314 e. The van der Waals surface area contributed by atoms with Gasteiger partial charge in [0.2, 0.25) is 0 Å². The van der Waals surface area contributed by atoms with Crippen LogP contribution in [0.5, 0.6) is 0 Å². The molecule has 0 saturated heterocycles. The molecular weight excluding hydrogens is 200 g/mol. The lowest BCUT2D eigenvalue weighted by atomic mass is 9.74. The number of hydrogen-bond acceptors (Lipinski definition) is 3. The summed E-state index contributed by atoms with van der Waals surface area (Å²) < 4.78 is 0. The Morgan fingerprint density at radius 1 is 1.50 bits per heavy atom. The minimum atomic E-state index is 0.766. The van der Waals surface area contributed by atoms with Crippen LogP contribution < -0.4 is 5.32 Å². The first-order valence-electron chi connectivity index (χ1n) is 6.33. The van der Waals surface area contributed by atoms with Gasteiger partial charge in [0.15, 0.2) is 0 Å². The van der Waals surface area contributed by atoms with Gasteiger partial charge in [-0.1, -0.05) is 13.8 Å². The van der Waals surface area contributed by atoms with Crippen molar-refractivity contribution in [2.24, 2.45) is 11.8 Å². The van der Waals surface area contributed by atoms with Crippen molar-refractivity contribution in [3.8, 4) is 0 Å². The lowest BCUT2D eigenvalue weighted by Gasteiger charge is -2.38. The Hall–Kier alpha value is -0.900. The number of hydrogen-bond donors (Lipinski definition) is 2. The molecule has 1 aromatic rings. The molecule has 1 heterocycles. The third-order valence-corrected chi connectivity index (χ3v) is 3.61. The topological polar surface area (TPSA) is 53.6 Å². The van der Waals surface area contributed by atoms with E-state index in [-0.39, 0.29) is 0 Å². The molecule has 0 amide bonds. The van der Waals surface area contributed by atoms with Crippen molar-refractivity contribution in [2.75, 3.05) is 6.54 Å². The van der Waals surface area contributed by atoms with Crippen LogP contribution in [-0.2, 0) is 6.42 Å². The van der Waals surface area contributed by atoms with Gasteiger partial charge in [0.05, 0.1) is 0 Å². The number of H-pyrrole nitrogens is 1. The van der Waals surface area contributed by atoms with Crippen molar-refractivity contribution >= 4 is 0 Å². The molecule has 0 bridgehead atoms. The molecule has 1 saturated carbocycles. The Kier molecular flexibility index (Phi) is 3.93. The van der Waals surface area contributed by atoms with Crippen LogP contribution in [0.2, 0.25) is 0 Å². The van der Waals surface area contributed by atoms with Gasteiger partial charge in [0, 0.05) is 12.5 Å². The number of aromatic amines is 1. The van der Waals surface area contributed by atoms with Gasteiger partial charge >= 0.3 is 0 Å². The van der Waals surface area contributed by atoms with Gasteiger partial charge in [0.25, 0.3) is 0 Å². The second-order valence-corrected chi connectivity index (χ2v) is 5.16. The molecule has 0 atom stereocenters. The fourth-order valence-corrected chi connectivity index (χ4v) is 2.29. The van der Waals surface area contributed by atoms with Crippen LogP contribution in [-0.4, -0.2) is 27.8 Å². The Morgan fingerprint density at radius 2 is 2.31 bits per heavy atom. The molecule has 2 rings (SSSR count). The van der Waals surface area contributed by atoms with Crippen molar-refractivity contribution in [3.63, 3.8) is 0 Å². The van der Waals surface area contributed by atoms with Crippen molar-refractivity contribution in [1.82, 2.24) is 20.5 Å². The highest BCUT2D eigenvalue weighted by molar-refractivity contribution is 4.87. The lowest BCUT2D eigenvalue weighted by Crippen LogP contribution is -2.43. The smallest absolute Gasteiger partial charge is 0.137 e. The van der Waals surface area contributed by atoms with Crippen LogP contribution in [0, 0.1) is 11.8 Å². The Morgan fingerprint density at radius 3 is 2.94 bits per heavy atom. The van der Waals surface area contributed by atoms with Crippen LogP contribution in [0.1, 0.15) is 38.9 Å². The van der Waals surface area contributed by atoms with Crippen molar-refractivity contribution < 1.29 is 0 Å². The van der Waals surface area contributed by atoms with Gasteiger partial charge in [-0.25, -0.2) is 4.98 Å². The highest BCUT2D eigenvalue weighted by Crippen LogP contribution is 2.33. The highest BCUT2D eigenvalue weighted by atomic mass is 15.2. The zero-order valence-corrected chi connectivity index (χ0v) is 10.2. The van der Waals surface area contributed by atoms with Crippen molar-refractivity contribution in [1.29, 1.82) is 0 Å². The molecule has 1 fully saturated rings. The monoisotopic (exact) mass is 222 g/mol. The summed E-state index contributed by atoms with van der Waals surface area (Å²) in [5.41, 5.74) is 0. The van der Waals surface area contributed by atoms with Crippen LogP contribution in [0.25, 0.3) is 0 Å². The maximum Gasteiger partial charge on any atom is 0.137 e. The summed E-state index contributed by atoms with van der Waals surface area (Å²) in [6.45, 7) is 5.74. The fourth-order valence-electron chi connectivity index (χ4n) is 2.29. The van der Waals surface area contributed by atoms with Gasteiger partial charge in [-0.15, -0.1) is 0 Å². The average Bonchev–Trinajstić information content (AvgIpc) is 2.66. The molecule has 4 nitrogen and oxygen atoms in total. The van der Waals surface area contributed by atoms with E-state index in [4.69, 9.17) is 0 Å². The zero-order valence-electron chi connectivity index (χ0n) is 10.2. The summed E-state index contributed by atoms with van der Waals surface area (Å²) in [5, 5.41) is 10.3. The minimum Gasteiger partial charge on any atom is -0.314 e. The van der Waals surface area contributed by atoms with Crippen LogP contribution >= 0.6 is 0 Å². The van der Waals surface area contributed by atoms with Gasteiger partial charge < -0.3 is 5.32 Å². The van der Waals surface area contributed by atoms with E-state index in [2.05, 4.69) is 34.3 Å². The predicted molar refractivity (Wildman–Crippen MR) is 64.1 cm³/mol.